The third-order valence-electron chi connectivity index (χ3n) is 3.68. The normalized spacial score (nSPS) is 13.6. The number of hydrogen-bond donors (Lipinski definition) is 1. The van der Waals surface area contributed by atoms with Crippen LogP contribution in [0.3, 0.4) is 0 Å². The Morgan fingerprint density at radius 3 is 2.12 bits per heavy atom. The molecule has 0 rings (SSSR count). The van der Waals surface area contributed by atoms with Gasteiger partial charge in [0.05, 0.1) is 0 Å². The quantitative estimate of drug-likeness (QED) is 0.556. The van der Waals surface area contributed by atoms with Crippen LogP contribution in [0.2, 0.25) is 0 Å². The Morgan fingerprint density at radius 2 is 1.65 bits per heavy atom. The molecule has 1 atom stereocenters. The zero-order valence-electron chi connectivity index (χ0n) is 12.8. The standard InChI is InChI=1S/C15H34N2/c1-6-8-9-12-17(14(3)4)13-10-11-15(7-2)16-5/h14-16H,6-13H2,1-5H3. The maximum atomic E-state index is 3.39. The fourth-order valence-corrected chi connectivity index (χ4v) is 2.29. The predicted molar refractivity (Wildman–Crippen MR) is 78.6 cm³/mol. The van der Waals surface area contributed by atoms with Crippen molar-refractivity contribution in [2.45, 2.75) is 78.3 Å². The van der Waals surface area contributed by atoms with Crippen LogP contribution >= 0.6 is 0 Å². The summed E-state index contributed by atoms with van der Waals surface area (Å²) in [5.74, 6) is 0. The van der Waals surface area contributed by atoms with E-state index in [-0.39, 0.29) is 0 Å². The van der Waals surface area contributed by atoms with Crippen molar-refractivity contribution < 1.29 is 0 Å². The van der Waals surface area contributed by atoms with Gasteiger partial charge in [-0.3, -0.25) is 0 Å². The molecule has 0 fully saturated rings. The molecule has 0 aromatic carbocycles. The summed E-state index contributed by atoms with van der Waals surface area (Å²) >= 11 is 0. The van der Waals surface area contributed by atoms with Gasteiger partial charge in [0.15, 0.2) is 0 Å². The van der Waals surface area contributed by atoms with E-state index in [0.717, 1.165) is 0 Å². The van der Waals surface area contributed by atoms with Crippen LogP contribution in [0.15, 0.2) is 0 Å². The van der Waals surface area contributed by atoms with Crippen molar-refractivity contribution in [2.75, 3.05) is 20.1 Å². The molecule has 0 saturated carbocycles. The molecular weight excluding hydrogens is 208 g/mol. The highest BCUT2D eigenvalue weighted by molar-refractivity contribution is 4.67. The van der Waals surface area contributed by atoms with E-state index in [1.165, 1.54) is 51.6 Å². The molecular formula is C15H34N2. The van der Waals surface area contributed by atoms with Crippen LogP contribution < -0.4 is 5.32 Å². The van der Waals surface area contributed by atoms with E-state index in [9.17, 15) is 0 Å². The molecule has 0 saturated heterocycles. The lowest BCUT2D eigenvalue weighted by atomic mass is 10.1. The molecule has 104 valence electrons. The number of hydrogen-bond acceptors (Lipinski definition) is 2. The minimum atomic E-state index is 0.696. The fourth-order valence-electron chi connectivity index (χ4n) is 2.29. The molecule has 0 aromatic rings. The van der Waals surface area contributed by atoms with Crippen LogP contribution in [0.25, 0.3) is 0 Å². The van der Waals surface area contributed by atoms with Crippen molar-refractivity contribution in [2.24, 2.45) is 0 Å². The monoisotopic (exact) mass is 242 g/mol. The Balaban J connectivity index is 3.76. The number of nitrogens with one attached hydrogen (secondary N) is 1. The molecule has 1 unspecified atom stereocenters. The Kier molecular flexibility index (Phi) is 11.0. The molecule has 17 heavy (non-hydrogen) atoms. The topological polar surface area (TPSA) is 15.3 Å². The molecule has 0 bridgehead atoms. The van der Waals surface area contributed by atoms with E-state index < -0.39 is 0 Å². The molecule has 0 aromatic heterocycles. The van der Waals surface area contributed by atoms with Crippen LogP contribution in [-0.4, -0.2) is 37.1 Å². The van der Waals surface area contributed by atoms with Gasteiger partial charge in [0.2, 0.25) is 0 Å². The van der Waals surface area contributed by atoms with Crippen molar-refractivity contribution >= 4 is 0 Å². The Hall–Kier alpha value is -0.0800. The molecule has 0 heterocycles. The maximum Gasteiger partial charge on any atom is 0.00619 e. The minimum Gasteiger partial charge on any atom is -0.317 e. The first kappa shape index (κ1) is 16.9. The molecule has 0 aliphatic rings. The summed E-state index contributed by atoms with van der Waals surface area (Å²) in [5, 5.41) is 3.39. The highest BCUT2D eigenvalue weighted by Crippen LogP contribution is 2.07. The molecule has 2 nitrogen and oxygen atoms in total. The molecule has 2 heteroatoms. The van der Waals surface area contributed by atoms with Crippen molar-refractivity contribution in [3.63, 3.8) is 0 Å². The first-order valence-electron chi connectivity index (χ1n) is 7.56. The Morgan fingerprint density at radius 1 is 1.00 bits per heavy atom. The molecule has 0 amide bonds. The summed E-state index contributed by atoms with van der Waals surface area (Å²) in [6, 6.07) is 1.40. The second-order valence-corrected chi connectivity index (χ2v) is 5.37. The second kappa shape index (κ2) is 11.0. The minimum absolute atomic E-state index is 0.696. The highest BCUT2D eigenvalue weighted by atomic mass is 15.1. The van der Waals surface area contributed by atoms with Gasteiger partial charge in [-0.1, -0.05) is 26.7 Å². The van der Waals surface area contributed by atoms with Gasteiger partial charge in [0, 0.05) is 12.1 Å². The van der Waals surface area contributed by atoms with Gasteiger partial charge in [-0.05, 0) is 59.7 Å². The van der Waals surface area contributed by atoms with Crippen LogP contribution in [0, 0.1) is 0 Å². The zero-order chi connectivity index (χ0) is 13.1. The maximum absolute atomic E-state index is 3.39. The summed E-state index contributed by atoms with van der Waals surface area (Å²) in [4.78, 5) is 2.64. The second-order valence-electron chi connectivity index (χ2n) is 5.37. The lowest BCUT2D eigenvalue weighted by molar-refractivity contribution is 0.210. The van der Waals surface area contributed by atoms with Crippen molar-refractivity contribution in [1.29, 1.82) is 0 Å². The molecule has 0 aliphatic heterocycles. The van der Waals surface area contributed by atoms with Gasteiger partial charge in [-0.25, -0.2) is 0 Å². The van der Waals surface area contributed by atoms with Crippen molar-refractivity contribution in [1.82, 2.24) is 10.2 Å². The van der Waals surface area contributed by atoms with E-state index in [4.69, 9.17) is 0 Å². The summed E-state index contributed by atoms with van der Waals surface area (Å²) in [6.45, 7) is 11.7. The number of nitrogens with zero attached hydrogens (tertiary/aromatic N) is 1. The Labute approximate surface area is 109 Å². The van der Waals surface area contributed by atoms with E-state index in [2.05, 4.69) is 45.0 Å². The smallest absolute Gasteiger partial charge is 0.00619 e. The van der Waals surface area contributed by atoms with E-state index in [0.29, 0.717) is 12.1 Å². The average molecular weight is 242 g/mol. The zero-order valence-corrected chi connectivity index (χ0v) is 12.8. The van der Waals surface area contributed by atoms with Crippen molar-refractivity contribution in [3.8, 4) is 0 Å². The number of unbranched alkanes of at least 4 members (excludes halogenated alkanes) is 2. The first-order valence-corrected chi connectivity index (χ1v) is 7.56. The largest absolute Gasteiger partial charge is 0.317 e. The average Bonchev–Trinajstić information content (AvgIpc) is 2.32. The van der Waals surface area contributed by atoms with E-state index in [1.54, 1.807) is 0 Å². The summed E-state index contributed by atoms with van der Waals surface area (Å²) < 4.78 is 0. The van der Waals surface area contributed by atoms with Crippen molar-refractivity contribution in [3.05, 3.63) is 0 Å². The van der Waals surface area contributed by atoms with Gasteiger partial charge in [-0.2, -0.15) is 0 Å². The van der Waals surface area contributed by atoms with Crippen LogP contribution in [0.4, 0.5) is 0 Å². The first-order chi connectivity index (χ1) is 8.15. The molecule has 0 radical (unpaired) electrons. The summed E-state index contributed by atoms with van der Waals surface area (Å²) in [5.41, 5.74) is 0. The summed E-state index contributed by atoms with van der Waals surface area (Å²) in [7, 11) is 2.08. The third kappa shape index (κ3) is 8.62. The Bertz CT molecular complexity index is 153. The van der Waals surface area contributed by atoms with Crippen LogP contribution in [0.1, 0.15) is 66.2 Å². The summed E-state index contributed by atoms with van der Waals surface area (Å²) in [6.07, 6.45) is 7.93. The lowest BCUT2D eigenvalue weighted by Crippen LogP contribution is -2.34. The van der Waals surface area contributed by atoms with Gasteiger partial charge >= 0.3 is 0 Å². The highest BCUT2D eigenvalue weighted by Gasteiger charge is 2.09. The molecule has 1 N–H and O–H groups in total. The van der Waals surface area contributed by atoms with Crippen LogP contribution in [-0.2, 0) is 0 Å². The van der Waals surface area contributed by atoms with E-state index in [1.807, 2.05) is 0 Å². The lowest BCUT2D eigenvalue weighted by Gasteiger charge is -2.27. The third-order valence-corrected chi connectivity index (χ3v) is 3.68. The number of rotatable bonds is 11. The van der Waals surface area contributed by atoms with E-state index >= 15 is 0 Å². The molecule has 0 spiro atoms. The van der Waals surface area contributed by atoms with Gasteiger partial charge in [-0.15, -0.1) is 0 Å². The SMILES string of the molecule is CCCCCN(CCCC(CC)NC)C(C)C. The van der Waals surface area contributed by atoms with Gasteiger partial charge in [0.25, 0.3) is 0 Å². The fraction of sp³-hybridized carbons (Fsp3) is 1.00. The van der Waals surface area contributed by atoms with Gasteiger partial charge < -0.3 is 10.2 Å². The van der Waals surface area contributed by atoms with Gasteiger partial charge in [0.1, 0.15) is 0 Å². The van der Waals surface area contributed by atoms with Crippen LogP contribution in [0.5, 0.6) is 0 Å². The predicted octanol–water partition coefficient (Wildman–Crippen LogP) is 3.67. The molecule has 0 aliphatic carbocycles.